The van der Waals surface area contributed by atoms with Gasteiger partial charge in [-0.25, -0.2) is 0 Å². The number of Topliss-reactive ketones (excluding diaryl/α,β-unsaturated/α-hetero) is 4. The first-order chi connectivity index (χ1) is 35.4. The zero-order chi connectivity index (χ0) is 48.7. The number of hydrogen-bond acceptors (Lipinski definition) is 6. The fourth-order valence-electron chi connectivity index (χ4n) is 9.89. The summed E-state index contributed by atoms with van der Waals surface area (Å²) in [7, 11) is 0. The van der Waals surface area contributed by atoms with E-state index >= 15 is 0 Å². The first-order valence-corrected chi connectivity index (χ1v) is 27.2. The summed E-state index contributed by atoms with van der Waals surface area (Å²) in [5.41, 5.74) is 9.34. The van der Waals surface area contributed by atoms with Crippen molar-refractivity contribution in [1.82, 2.24) is 0 Å². The van der Waals surface area contributed by atoms with Gasteiger partial charge in [-0.1, -0.05) is 0 Å². The molecular formula is C64H42N2O4Se2. The number of carbonyl (C=O) groups excluding carboxylic acids is 4. The van der Waals surface area contributed by atoms with E-state index in [9.17, 15) is 19.2 Å². The SMILES string of the molecule is O=C1C(=Cc2ccc(N(c3ccccc3)c3cccc4ccccc34)[se]2)C(=O)c2cc3c(cc21)CC=CC3.O=C1C(=Cc2ccc(N(c3ccccc3)c3cccc4ccccc34)[se]2)C(=O)c2ccccc21. The molecule has 0 fully saturated rings. The quantitative estimate of drug-likeness (QED) is 0.0653. The monoisotopic (exact) mass is 1060 g/mol. The number of allylic oxidation sites excluding steroid dienone is 4. The van der Waals surface area contributed by atoms with Crippen LogP contribution in [0.4, 0.5) is 31.9 Å². The summed E-state index contributed by atoms with van der Waals surface area (Å²) >= 11 is -0.159. The van der Waals surface area contributed by atoms with Crippen LogP contribution in [0, 0.1) is 0 Å². The summed E-state index contributed by atoms with van der Waals surface area (Å²) < 4.78 is 4.33. The minimum absolute atomic E-state index is 0.0743. The summed E-state index contributed by atoms with van der Waals surface area (Å²) in [6.07, 6.45) is 9.50. The molecule has 10 aromatic rings. The van der Waals surface area contributed by atoms with Crippen molar-refractivity contribution in [3.63, 3.8) is 0 Å². The Hall–Kier alpha value is -8.22. The second kappa shape index (κ2) is 19.2. The Balaban J connectivity index is 0.000000148. The number of hydrogen-bond donors (Lipinski definition) is 0. The molecule has 344 valence electrons. The number of carbonyl (C=O) groups is 4. The standard InChI is InChI=1S/C34H23NO2Se.C30H19NO2Se/c36-33-28-19-23-10-4-5-11-24(23)20-29(28)34(37)30(33)21-26-17-18-32(38-26)35(25-13-2-1-3-14-25)31-16-8-12-22-9-6-7-15-27(22)31;32-29-24-14-6-7-15-25(24)30(33)26(29)19-22-17-18-28(34-22)31(21-11-2-1-3-12-21)27-16-8-10-20-9-4-5-13-23(20)27/h1-9,12-21H,10-11H2;1-19H. The first-order valence-electron chi connectivity index (χ1n) is 23.8. The molecule has 3 aliphatic carbocycles. The second-order valence-corrected chi connectivity index (χ2v) is 22.3. The average Bonchev–Trinajstić information content (AvgIpc) is 4.20. The van der Waals surface area contributed by atoms with Crippen LogP contribution in [0.15, 0.2) is 230 Å². The van der Waals surface area contributed by atoms with Gasteiger partial charge in [0, 0.05) is 0 Å². The number of fused-ring (bicyclic) bond motifs is 5. The van der Waals surface area contributed by atoms with E-state index in [1.54, 1.807) is 30.3 Å². The van der Waals surface area contributed by atoms with E-state index in [2.05, 4.69) is 161 Å². The Labute approximate surface area is 428 Å². The third kappa shape index (κ3) is 8.30. The van der Waals surface area contributed by atoms with Gasteiger partial charge in [0.25, 0.3) is 0 Å². The van der Waals surface area contributed by atoms with Crippen molar-refractivity contribution in [2.24, 2.45) is 0 Å². The van der Waals surface area contributed by atoms with Crippen LogP contribution in [0.5, 0.6) is 0 Å². The number of benzene rings is 8. The molecule has 0 radical (unpaired) electrons. The fourth-order valence-corrected chi connectivity index (χ4v) is 14.0. The van der Waals surface area contributed by atoms with E-state index in [1.807, 2.05) is 48.5 Å². The first kappa shape index (κ1) is 45.0. The summed E-state index contributed by atoms with van der Waals surface area (Å²) in [6, 6.07) is 69.5. The van der Waals surface area contributed by atoms with Crippen LogP contribution in [0.25, 0.3) is 33.7 Å². The summed E-state index contributed by atoms with van der Waals surface area (Å²) in [5.74, 6) is -0.664. The van der Waals surface area contributed by atoms with Crippen LogP contribution < -0.4 is 9.80 Å². The van der Waals surface area contributed by atoms with E-state index in [4.69, 9.17) is 0 Å². The molecule has 0 atom stereocenters. The van der Waals surface area contributed by atoms with Crippen molar-refractivity contribution in [1.29, 1.82) is 0 Å². The Morgan fingerprint density at radius 3 is 1.18 bits per heavy atom. The molecule has 13 rings (SSSR count). The van der Waals surface area contributed by atoms with Gasteiger partial charge in [-0.05, 0) is 0 Å². The number of anilines is 6. The van der Waals surface area contributed by atoms with Crippen LogP contribution in [0.2, 0.25) is 0 Å². The van der Waals surface area contributed by atoms with Crippen LogP contribution >= 0.6 is 0 Å². The Morgan fingerprint density at radius 1 is 0.361 bits per heavy atom. The predicted molar refractivity (Wildman–Crippen MR) is 294 cm³/mol. The van der Waals surface area contributed by atoms with E-state index < -0.39 is 0 Å². The Kier molecular flexibility index (Phi) is 12.0. The van der Waals surface area contributed by atoms with Crippen molar-refractivity contribution >= 4 is 118 Å². The van der Waals surface area contributed by atoms with Gasteiger partial charge in [0.15, 0.2) is 0 Å². The molecular weight excluding hydrogens is 1020 g/mol. The third-order valence-electron chi connectivity index (χ3n) is 13.3. The van der Waals surface area contributed by atoms with Gasteiger partial charge in [0.2, 0.25) is 0 Å². The molecule has 0 N–H and O–H groups in total. The van der Waals surface area contributed by atoms with Gasteiger partial charge in [-0.3, -0.25) is 0 Å². The average molecular weight is 1060 g/mol. The molecule has 6 nitrogen and oxygen atoms in total. The van der Waals surface area contributed by atoms with Gasteiger partial charge in [0.05, 0.1) is 0 Å². The number of rotatable bonds is 8. The summed E-state index contributed by atoms with van der Waals surface area (Å²) in [5, 5.41) is 4.72. The molecule has 2 aromatic heterocycles. The molecule has 0 aliphatic heterocycles. The fraction of sp³-hybridized carbons (Fsp3) is 0.0312. The molecule has 0 spiro atoms. The van der Waals surface area contributed by atoms with Crippen molar-refractivity contribution in [3.05, 3.63) is 272 Å². The molecule has 8 aromatic carbocycles. The van der Waals surface area contributed by atoms with Crippen molar-refractivity contribution in [3.8, 4) is 0 Å². The van der Waals surface area contributed by atoms with Gasteiger partial charge in [0.1, 0.15) is 0 Å². The molecule has 0 saturated carbocycles. The Morgan fingerprint density at radius 2 is 0.736 bits per heavy atom. The summed E-state index contributed by atoms with van der Waals surface area (Å²) in [6.45, 7) is 0. The zero-order valence-corrected chi connectivity index (χ0v) is 42.1. The molecule has 8 heteroatoms. The summed E-state index contributed by atoms with van der Waals surface area (Å²) in [4.78, 5) is 57.0. The maximum absolute atomic E-state index is 13.3. The number of ketones is 4. The zero-order valence-electron chi connectivity index (χ0n) is 38.7. The van der Waals surface area contributed by atoms with Gasteiger partial charge in [-0.2, -0.15) is 0 Å². The molecule has 0 amide bonds. The van der Waals surface area contributed by atoms with Crippen molar-refractivity contribution < 1.29 is 19.2 Å². The van der Waals surface area contributed by atoms with E-state index in [0.29, 0.717) is 22.3 Å². The second-order valence-electron chi connectivity index (χ2n) is 17.7. The van der Waals surface area contributed by atoms with Gasteiger partial charge in [-0.15, -0.1) is 0 Å². The van der Waals surface area contributed by atoms with Crippen molar-refractivity contribution in [2.45, 2.75) is 12.8 Å². The predicted octanol–water partition coefficient (Wildman–Crippen LogP) is 14.3. The molecule has 0 saturated heterocycles. The topological polar surface area (TPSA) is 74.8 Å². The van der Waals surface area contributed by atoms with Crippen LogP contribution in [0.1, 0.15) is 61.4 Å². The van der Waals surface area contributed by atoms with Gasteiger partial charge >= 0.3 is 431 Å². The molecule has 0 unspecified atom stereocenters. The van der Waals surface area contributed by atoms with Crippen molar-refractivity contribution in [2.75, 3.05) is 9.80 Å². The molecule has 0 bridgehead atoms. The number of nitrogens with zero attached hydrogens (tertiary/aromatic N) is 2. The molecule has 3 aliphatic rings. The minimum atomic E-state index is -0.181. The van der Waals surface area contributed by atoms with E-state index in [0.717, 1.165) is 64.7 Å². The molecule has 72 heavy (non-hydrogen) atoms. The van der Waals surface area contributed by atoms with Crippen LogP contribution in [-0.4, -0.2) is 52.1 Å². The maximum atomic E-state index is 13.3. The van der Waals surface area contributed by atoms with E-state index in [-0.39, 0.29) is 63.3 Å². The van der Waals surface area contributed by atoms with E-state index in [1.165, 1.54) is 21.5 Å². The molecule has 2 heterocycles. The van der Waals surface area contributed by atoms with Crippen LogP contribution in [-0.2, 0) is 12.8 Å². The van der Waals surface area contributed by atoms with Gasteiger partial charge < -0.3 is 0 Å². The Bertz CT molecular complexity index is 3820. The number of para-hydroxylation sites is 2. The van der Waals surface area contributed by atoms with Crippen LogP contribution in [0.3, 0.4) is 0 Å². The third-order valence-corrected chi connectivity index (χ3v) is 17.6. The normalized spacial score (nSPS) is 13.4.